The van der Waals surface area contributed by atoms with Gasteiger partial charge >= 0.3 is 6.03 Å². The number of urea groups is 1. The first-order valence-corrected chi connectivity index (χ1v) is 10.2. The highest BCUT2D eigenvalue weighted by Crippen LogP contribution is 2.29. The topological polar surface area (TPSA) is 97.8 Å². The van der Waals surface area contributed by atoms with E-state index in [-0.39, 0.29) is 0 Å². The van der Waals surface area contributed by atoms with Gasteiger partial charge in [0, 0.05) is 30.4 Å². The molecule has 1 saturated heterocycles. The third kappa shape index (κ3) is 5.06. The molecule has 0 atom stereocenters. The molecule has 32 heavy (non-hydrogen) atoms. The molecule has 166 valence electrons. The van der Waals surface area contributed by atoms with Crippen LogP contribution in [0.5, 0.6) is 11.5 Å². The lowest BCUT2D eigenvalue weighted by Gasteiger charge is -2.27. The molecule has 2 aromatic carbocycles. The van der Waals surface area contributed by atoms with Crippen molar-refractivity contribution in [1.29, 1.82) is 0 Å². The van der Waals surface area contributed by atoms with Gasteiger partial charge in [-0.1, -0.05) is 12.1 Å². The number of hydrogen-bond acceptors (Lipinski definition) is 7. The Bertz CT molecular complexity index is 1070. The predicted molar refractivity (Wildman–Crippen MR) is 123 cm³/mol. The molecule has 4 rings (SSSR count). The van der Waals surface area contributed by atoms with Crippen LogP contribution in [0.2, 0.25) is 0 Å². The maximum absolute atomic E-state index is 12.6. The fraction of sp³-hybridized carbons (Fsp3) is 0.261. The molecule has 0 unspecified atom stereocenters. The molecular formula is C23H25N5O4. The zero-order chi connectivity index (χ0) is 22.3. The van der Waals surface area contributed by atoms with Crippen molar-refractivity contribution in [3.8, 4) is 22.8 Å². The van der Waals surface area contributed by atoms with E-state index in [2.05, 4.69) is 25.7 Å². The summed E-state index contributed by atoms with van der Waals surface area (Å²) in [5.41, 5.74) is 2.70. The molecule has 0 bridgehead atoms. The Morgan fingerprint density at radius 2 is 1.81 bits per heavy atom. The third-order valence-corrected chi connectivity index (χ3v) is 5.06. The van der Waals surface area contributed by atoms with Crippen LogP contribution in [-0.4, -0.2) is 56.8 Å². The van der Waals surface area contributed by atoms with Gasteiger partial charge in [-0.2, -0.15) is 0 Å². The van der Waals surface area contributed by atoms with Crippen LogP contribution in [0.3, 0.4) is 0 Å². The van der Waals surface area contributed by atoms with Crippen molar-refractivity contribution in [3.63, 3.8) is 0 Å². The monoisotopic (exact) mass is 435 g/mol. The van der Waals surface area contributed by atoms with Crippen molar-refractivity contribution in [3.05, 3.63) is 54.6 Å². The van der Waals surface area contributed by atoms with Crippen LogP contribution in [-0.2, 0) is 4.74 Å². The average Bonchev–Trinajstić information content (AvgIpc) is 2.84. The lowest BCUT2D eigenvalue weighted by molar-refractivity contribution is 0.122. The molecule has 2 amide bonds. The maximum atomic E-state index is 12.6. The lowest BCUT2D eigenvalue weighted by Crippen LogP contribution is -2.36. The van der Waals surface area contributed by atoms with Crippen molar-refractivity contribution in [2.75, 3.05) is 56.1 Å². The number of methoxy groups -OCH3 is 2. The van der Waals surface area contributed by atoms with Gasteiger partial charge in [-0.3, -0.25) is 0 Å². The third-order valence-electron chi connectivity index (χ3n) is 5.06. The number of rotatable bonds is 6. The maximum Gasteiger partial charge on any atom is 0.323 e. The van der Waals surface area contributed by atoms with Gasteiger partial charge in [-0.05, 0) is 36.4 Å². The smallest absolute Gasteiger partial charge is 0.323 e. The summed E-state index contributed by atoms with van der Waals surface area (Å²) in [6.07, 6.45) is 0. The Morgan fingerprint density at radius 1 is 0.969 bits per heavy atom. The van der Waals surface area contributed by atoms with Crippen LogP contribution in [0.4, 0.5) is 22.0 Å². The molecule has 0 saturated carbocycles. The van der Waals surface area contributed by atoms with E-state index in [1.807, 2.05) is 30.3 Å². The summed E-state index contributed by atoms with van der Waals surface area (Å²) < 4.78 is 15.9. The highest BCUT2D eigenvalue weighted by atomic mass is 16.5. The predicted octanol–water partition coefficient (Wildman–Crippen LogP) is 3.64. The van der Waals surface area contributed by atoms with Gasteiger partial charge in [0.1, 0.15) is 11.5 Å². The first-order valence-electron chi connectivity index (χ1n) is 10.2. The Kier molecular flexibility index (Phi) is 6.66. The number of nitrogens with zero attached hydrogens (tertiary/aromatic N) is 3. The number of ether oxygens (including phenoxy) is 3. The minimum atomic E-state index is -0.401. The van der Waals surface area contributed by atoms with Gasteiger partial charge in [0.2, 0.25) is 0 Å². The number of aromatic nitrogens is 2. The van der Waals surface area contributed by atoms with Gasteiger partial charge in [-0.15, -0.1) is 10.2 Å². The fourth-order valence-corrected chi connectivity index (χ4v) is 3.39. The number of carbonyl (C=O) groups is 1. The average molecular weight is 435 g/mol. The van der Waals surface area contributed by atoms with E-state index in [1.165, 1.54) is 0 Å². The number of benzene rings is 2. The van der Waals surface area contributed by atoms with Crippen LogP contribution in [0, 0.1) is 0 Å². The van der Waals surface area contributed by atoms with Crippen molar-refractivity contribution in [1.82, 2.24) is 10.2 Å². The summed E-state index contributed by atoms with van der Waals surface area (Å²) in [5.74, 6) is 1.98. The van der Waals surface area contributed by atoms with Crippen LogP contribution in [0.25, 0.3) is 11.3 Å². The van der Waals surface area contributed by atoms with E-state index in [0.29, 0.717) is 36.1 Å². The van der Waals surface area contributed by atoms with Gasteiger partial charge in [0.05, 0.1) is 38.8 Å². The number of carbonyl (C=O) groups excluding carboxylic acids is 1. The van der Waals surface area contributed by atoms with E-state index in [1.54, 1.807) is 38.5 Å². The zero-order valence-corrected chi connectivity index (χ0v) is 18.0. The first kappa shape index (κ1) is 21.4. The molecule has 1 aliphatic heterocycles. The zero-order valence-electron chi connectivity index (χ0n) is 18.0. The van der Waals surface area contributed by atoms with E-state index in [9.17, 15) is 4.79 Å². The summed E-state index contributed by atoms with van der Waals surface area (Å²) in [6.45, 7) is 3.00. The highest BCUT2D eigenvalue weighted by Gasteiger charge is 2.14. The Labute approximate surface area is 186 Å². The normalized spacial score (nSPS) is 13.4. The lowest BCUT2D eigenvalue weighted by atomic mass is 10.1. The molecule has 1 aromatic heterocycles. The van der Waals surface area contributed by atoms with Crippen molar-refractivity contribution in [2.24, 2.45) is 0 Å². The summed E-state index contributed by atoms with van der Waals surface area (Å²) >= 11 is 0. The quantitative estimate of drug-likeness (QED) is 0.610. The number of hydrogen-bond donors (Lipinski definition) is 2. The van der Waals surface area contributed by atoms with E-state index in [0.717, 1.165) is 30.2 Å². The molecule has 2 N–H and O–H groups in total. The van der Waals surface area contributed by atoms with Gasteiger partial charge < -0.3 is 29.7 Å². The molecule has 1 aliphatic rings. The minimum absolute atomic E-state index is 0.401. The number of amides is 2. The summed E-state index contributed by atoms with van der Waals surface area (Å²) in [6, 6.07) is 16.1. The van der Waals surface area contributed by atoms with Crippen LogP contribution < -0.4 is 25.0 Å². The van der Waals surface area contributed by atoms with E-state index < -0.39 is 6.03 Å². The van der Waals surface area contributed by atoms with E-state index in [4.69, 9.17) is 14.2 Å². The second-order valence-electron chi connectivity index (χ2n) is 7.10. The van der Waals surface area contributed by atoms with Crippen molar-refractivity contribution < 1.29 is 19.0 Å². The molecule has 9 nitrogen and oxygen atoms in total. The highest BCUT2D eigenvalue weighted by molar-refractivity contribution is 6.01. The van der Waals surface area contributed by atoms with Crippen molar-refractivity contribution >= 4 is 23.2 Å². The molecule has 0 radical (unpaired) electrons. The summed E-state index contributed by atoms with van der Waals surface area (Å²) in [4.78, 5) is 14.7. The summed E-state index contributed by atoms with van der Waals surface area (Å²) in [5, 5.41) is 14.3. The van der Waals surface area contributed by atoms with Crippen LogP contribution in [0.15, 0.2) is 54.6 Å². The molecule has 0 spiro atoms. The van der Waals surface area contributed by atoms with Gasteiger partial charge in [0.15, 0.2) is 5.82 Å². The SMILES string of the molecule is COc1ccc(OC)c(NC(=O)Nc2cccc(-c3ccc(N4CCOCC4)nn3)c2)c1. The Morgan fingerprint density at radius 3 is 2.53 bits per heavy atom. The molecule has 9 heteroatoms. The summed E-state index contributed by atoms with van der Waals surface area (Å²) in [7, 11) is 3.10. The standard InChI is InChI=1S/C23H25N5O4/c1-30-18-6-8-21(31-2)20(15-18)25-23(29)24-17-5-3-4-16(14-17)19-7-9-22(27-26-19)28-10-12-32-13-11-28/h3-9,14-15H,10-13H2,1-2H3,(H2,24,25,29). The number of nitrogens with one attached hydrogen (secondary N) is 2. The molecular weight excluding hydrogens is 410 g/mol. The van der Waals surface area contributed by atoms with Crippen LogP contribution in [0.1, 0.15) is 0 Å². The largest absolute Gasteiger partial charge is 0.497 e. The molecule has 2 heterocycles. The molecule has 1 fully saturated rings. The van der Waals surface area contributed by atoms with Crippen LogP contribution >= 0.6 is 0 Å². The fourth-order valence-electron chi connectivity index (χ4n) is 3.39. The Hall–Kier alpha value is -3.85. The molecule has 3 aromatic rings. The number of morpholine rings is 1. The van der Waals surface area contributed by atoms with Gasteiger partial charge in [-0.25, -0.2) is 4.79 Å². The first-order chi connectivity index (χ1) is 15.7. The minimum Gasteiger partial charge on any atom is -0.497 e. The van der Waals surface area contributed by atoms with Gasteiger partial charge in [0.25, 0.3) is 0 Å². The second kappa shape index (κ2) is 9.97. The Balaban J connectivity index is 1.44. The second-order valence-corrected chi connectivity index (χ2v) is 7.10. The number of anilines is 3. The molecule has 0 aliphatic carbocycles. The van der Waals surface area contributed by atoms with E-state index >= 15 is 0 Å². The van der Waals surface area contributed by atoms with Crippen molar-refractivity contribution in [2.45, 2.75) is 0 Å².